The van der Waals surface area contributed by atoms with Gasteiger partial charge in [-0.05, 0) is 5.41 Å². The fourth-order valence-corrected chi connectivity index (χ4v) is 1.16. The highest BCUT2D eigenvalue weighted by Gasteiger charge is 2.11. The highest BCUT2D eigenvalue weighted by molar-refractivity contribution is 7.84. The summed E-state index contributed by atoms with van der Waals surface area (Å²) in [5.74, 6) is 0.445. The van der Waals surface area contributed by atoms with Gasteiger partial charge >= 0.3 is 0 Å². The van der Waals surface area contributed by atoms with Crippen molar-refractivity contribution in [1.29, 1.82) is 0 Å². The van der Waals surface area contributed by atoms with E-state index in [2.05, 4.69) is 26.1 Å². The van der Waals surface area contributed by atoms with Crippen molar-refractivity contribution in [2.24, 2.45) is 5.41 Å². The molecule has 0 aliphatic carbocycles. The van der Waals surface area contributed by atoms with E-state index >= 15 is 0 Å². The Morgan fingerprint density at radius 1 is 1.38 bits per heavy atom. The molecule has 0 fully saturated rings. The van der Waals surface area contributed by atoms with E-state index in [4.69, 9.17) is 0 Å². The Morgan fingerprint density at radius 3 is 2.31 bits per heavy atom. The zero-order valence-corrected chi connectivity index (χ0v) is 9.66. The molecule has 1 unspecified atom stereocenters. The van der Waals surface area contributed by atoms with Crippen molar-refractivity contribution >= 4 is 16.7 Å². The van der Waals surface area contributed by atoms with Crippen LogP contribution in [-0.2, 0) is 15.6 Å². The molecule has 1 N–H and O–H groups in total. The van der Waals surface area contributed by atoms with E-state index in [1.54, 1.807) is 6.26 Å². The molecule has 0 spiro atoms. The summed E-state index contributed by atoms with van der Waals surface area (Å²) in [5, 5.41) is 2.80. The number of carbonyl (C=O) groups is 1. The van der Waals surface area contributed by atoms with Crippen LogP contribution in [0.3, 0.4) is 0 Å². The predicted molar refractivity (Wildman–Crippen MR) is 56.0 cm³/mol. The molecule has 0 bridgehead atoms. The Kier molecular flexibility index (Phi) is 5.21. The number of hydrogen-bond acceptors (Lipinski definition) is 2. The van der Waals surface area contributed by atoms with Gasteiger partial charge in [-0.1, -0.05) is 20.8 Å². The second-order valence-corrected chi connectivity index (χ2v) is 5.92. The van der Waals surface area contributed by atoms with Crippen LogP contribution in [-0.4, -0.2) is 28.7 Å². The molecule has 13 heavy (non-hydrogen) atoms. The monoisotopic (exact) mass is 205 g/mol. The Balaban J connectivity index is 3.58. The molecule has 0 aliphatic heterocycles. The Labute approximate surface area is 82.7 Å². The van der Waals surface area contributed by atoms with Crippen LogP contribution < -0.4 is 5.32 Å². The first-order valence-electron chi connectivity index (χ1n) is 4.38. The van der Waals surface area contributed by atoms with Crippen LogP contribution in [0.4, 0.5) is 0 Å². The molecule has 0 aliphatic rings. The van der Waals surface area contributed by atoms with Gasteiger partial charge in [-0.15, -0.1) is 0 Å². The smallest absolute Gasteiger partial charge is 0.220 e. The van der Waals surface area contributed by atoms with E-state index < -0.39 is 10.8 Å². The fourth-order valence-electron chi connectivity index (χ4n) is 0.689. The average Bonchev–Trinajstić information content (AvgIpc) is 1.95. The number of carbonyl (C=O) groups excluding carboxylic acids is 1. The van der Waals surface area contributed by atoms with Crippen LogP contribution >= 0.6 is 0 Å². The van der Waals surface area contributed by atoms with Crippen molar-refractivity contribution in [3.63, 3.8) is 0 Å². The minimum Gasteiger partial charge on any atom is -0.356 e. The van der Waals surface area contributed by atoms with Crippen molar-refractivity contribution in [2.45, 2.75) is 27.2 Å². The van der Waals surface area contributed by atoms with Crippen LogP contribution in [0.15, 0.2) is 0 Å². The quantitative estimate of drug-likeness (QED) is 0.741. The third-order valence-corrected chi connectivity index (χ3v) is 2.21. The Hall–Kier alpha value is -0.380. The molecular weight excluding hydrogens is 186 g/mol. The van der Waals surface area contributed by atoms with Crippen molar-refractivity contribution in [3.05, 3.63) is 0 Å². The van der Waals surface area contributed by atoms with Gasteiger partial charge in [0, 0.05) is 35.8 Å². The summed E-state index contributed by atoms with van der Waals surface area (Å²) in [4.78, 5) is 11.1. The largest absolute Gasteiger partial charge is 0.356 e. The Bertz CT molecular complexity index is 196. The second-order valence-electron chi connectivity index (χ2n) is 4.36. The molecule has 0 aromatic rings. The Morgan fingerprint density at radius 2 is 1.92 bits per heavy atom. The predicted octanol–water partition coefficient (Wildman–Crippen LogP) is 0.917. The molecule has 0 aromatic heterocycles. The maximum absolute atomic E-state index is 11.1. The first kappa shape index (κ1) is 12.6. The van der Waals surface area contributed by atoms with Crippen molar-refractivity contribution in [2.75, 3.05) is 18.6 Å². The SMILES string of the molecule is CS(=O)CCC(=O)NCC(C)(C)C. The van der Waals surface area contributed by atoms with Gasteiger partial charge in [0.25, 0.3) is 0 Å². The van der Waals surface area contributed by atoms with Gasteiger partial charge in [0.15, 0.2) is 0 Å². The fraction of sp³-hybridized carbons (Fsp3) is 0.889. The lowest BCUT2D eigenvalue weighted by Gasteiger charge is -2.18. The van der Waals surface area contributed by atoms with Gasteiger partial charge in [0.1, 0.15) is 0 Å². The summed E-state index contributed by atoms with van der Waals surface area (Å²) in [5.41, 5.74) is 0.112. The third-order valence-electron chi connectivity index (χ3n) is 1.43. The van der Waals surface area contributed by atoms with Crippen LogP contribution in [0.25, 0.3) is 0 Å². The maximum Gasteiger partial charge on any atom is 0.220 e. The van der Waals surface area contributed by atoms with Crippen LogP contribution in [0, 0.1) is 5.41 Å². The van der Waals surface area contributed by atoms with E-state index in [0.29, 0.717) is 18.7 Å². The normalized spacial score (nSPS) is 13.8. The zero-order chi connectivity index (χ0) is 10.5. The lowest BCUT2D eigenvalue weighted by molar-refractivity contribution is -0.121. The first-order chi connectivity index (χ1) is 5.81. The van der Waals surface area contributed by atoms with Gasteiger partial charge in [-0.3, -0.25) is 9.00 Å². The van der Waals surface area contributed by atoms with E-state index in [9.17, 15) is 9.00 Å². The van der Waals surface area contributed by atoms with Crippen molar-refractivity contribution in [1.82, 2.24) is 5.32 Å². The lowest BCUT2D eigenvalue weighted by atomic mass is 9.97. The lowest BCUT2D eigenvalue weighted by Crippen LogP contribution is -2.32. The summed E-state index contributed by atoms with van der Waals surface area (Å²) in [6, 6.07) is 0. The molecule has 1 amide bonds. The van der Waals surface area contributed by atoms with Crippen molar-refractivity contribution < 1.29 is 9.00 Å². The summed E-state index contributed by atoms with van der Waals surface area (Å²) >= 11 is 0. The maximum atomic E-state index is 11.1. The molecule has 78 valence electrons. The van der Waals surface area contributed by atoms with E-state index in [0.717, 1.165) is 0 Å². The molecule has 3 nitrogen and oxygen atoms in total. The molecule has 0 rings (SSSR count). The van der Waals surface area contributed by atoms with Crippen LogP contribution in [0.5, 0.6) is 0 Å². The number of amides is 1. The molecular formula is C9H19NO2S. The highest BCUT2D eigenvalue weighted by Crippen LogP contribution is 2.10. The third kappa shape index (κ3) is 9.53. The summed E-state index contributed by atoms with van der Waals surface area (Å²) in [6.45, 7) is 6.85. The van der Waals surface area contributed by atoms with Crippen LogP contribution in [0.2, 0.25) is 0 Å². The van der Waals surface area contributed by atoms with Gasteiger partial charge in [-0.25, -0.2) is 0 Å². The molecule has 1 atom stereocenters. The molecule has 0 saturated carbocycles. The summed E-state index contributed by atoms with van der Waals surface area (Å²) in [6.07, 6.45) is 1.97. The average molecular weight is 205 g/mol. The summed E-state index contributed by atoms with van der Waals surface area (Å²) in [7, 11) is -0.872. The van der Waals surface area contributed by atoms with Crippen LogP contribution in [0.1, 0.15) is 27.2 Å². The van der Waals surface area contributed by atoms with Gasteiger partial charge in [0.2, 0.25) is 5.91 Å². The minimum atomic E-state index is -0.872. The minimum absolute atomic E-state index is 0.00914. The molecule has 0 saturated heterocycles. The summed E-state index contributed by atoms with van der Waals surface area (Å²) < 4.78 is 10.7. The van der Waals surface area contributed by atoms with Gasteiger partial charge in [-0.2, -0.15) is 0 Å². The zero-order valence-electron chi connectivity index (χ0n) is 8.85. The standard InChI is InChI=1S/C9H19NO2S/c1-9(2,3)7-10-8(11)5-6-13(4)12/h5-7H2,1-4H3,(H,10,11). The molecule has 0 heterocycles. The van der Waals surface area contributed by atoms with E-state index in [-0.39, 0.29) is 11.3 Å². The highest BCUT2D eigenvalue weighted by atomic mass is 32.2. The molecule has 0 aromatic carbocycles. The first-order valence-corrected chi connectivity index (χ1v) is 6.11. The number of rotatable bonds is 4. The molecule has 0 radical (unpaired) electrons. The number of hydrogen-bond donors (Lipinski definition) is 1. The number of nitrogens with one attached hydrogen (secondary N) is 1. The topological polar surface area (TPSA) is 46.2 Å². The van der Waals surface area contributed by atoms with E-state index in [1.807, 2.05) is 0 Å². The van der Waals surface area contributed by atoms with E-state index in [1.165, 1.54) is 0 Å². The van der Waals surface area contributed by atoms with Gasteiger partial charge < -0.3 is 5.32 Å². The van der Waals surface area contributed by atoms with Gasteiger partial charge in [0.05, 0.1) is 0 Å². The molecule has 4 heteroatoms. The van der Waals surface area contributed by atoms with Crippen molar-refractivity contribution in [3.8, 4) is 0 Å². The second kappa shape index (κ2) is 5.37.